The summed E-state index contributed by atoms with van der Waals surface area (Å²) in [6.07, 6.45) is 0.891. The fraction of sp³-hybridized carbons (Fsp3) is 0.462. The number of nitrogens with one attached hydrogen (secondary N) is 1. The average molecular weight is 363 g/mol. The van der Waals surface area contributed by atoms with Crippen LogP contribution in [0.2, 0.25) is 4.34 Å². The number of rotatable bonds is 5. The summed E-state index contributed by atoms with van der Waals surface area (Å²) in [5, 5.41) is 7.89. The van der Waals surface area contributed by atoms with Crippen molar-refractivity contribution in [1.82, 2.24) is 15.1 Å². The average Bonchev–Trinajstić information content (AvgIpc) is 2.93. The molecule has 0 saturated carbocycles. The number of hydrogen-bond donors (Lipinski definition) is 1. The van der Waals surface area contributed by atoms with Crippen LogP contribution in [0, 0.1) is 6.92 Å². The van der Waals surface area contributed by atoms with E-state index in [4.69, 9.17) is 11.6 Å². The summed E-state index contributed by atoms with van der Waals surface area (Å²) < 4.78 is 3.99. The van der Waals surface area contributed by atoms with Gasteiger partial charge in [0.15, 0.2) is 0 Å². The molecule has 0 fully saturated rings. The Morgan fingerprint density at radius 1 is 1.53 bits per heavy atom. The molecule has 2 aromatic heterocycles. The topological polar surface area (TPSA) is 29.9 Å². The van der Waals surface area contributed by atoms with Gasteiger partial charge in [0.1, 0.15) is 0 Å². The van der Waals surface area contributed by atoms with Crippen LogP contribution in [0.1, 0.15) is 29.2 Å². The number of hydrogen-bond acceptors (Lipinski definition) is 3. The summed E-state index contributed by atoms with van der Waals surface area (Å²) in [6.45, 7) is 5.01. The molecule has 0 amide bonds. The van der Waals surface area contributed by atoms with Crippen molar-refractivity contribution < 1.29 is 0 Å². The lowest BCUT2D eigenvalue weighted by Crippen LogP contribution is -2.19. The molecular formula is C13H17BrClN3S. The first kappa shape index (κ1) is 15.0. The summed E-state index contributed by atoms with van der Waals surface area (Å²) in [7, 11) is 1.98. The Morgan fingerprint density at radius 2 is 2.26 bits per heavy atom. The first-order valence-corrected chi connectivity index (χ1v) is 8.19. The predicted octanol–water partition coefficient (Wildman–Crippen LogP) is 4.19. The van der Waals surface area contributed by atoms with E-state index in [0.717, 1.165) is 27.5 Å². The van der Waals surface area contributed by atoms with Gasteiger partial charge in [0.05, 0.1) is 20.2 Å². The minimum absolute atomic E-state index is 0.259. The highest BCUT2D eigenvalue weighted by molar-refractivity contribution is 9.10. The largest absolute Gasteiger partial charge is 0.312 e. The molecule has 0 aliphatic heterocycles. The molecule has 1 unspecified atom stereocenters. The van der Waals surface area contributed by atoms with E-state index in [1.165, 1.54) is 10.6 Å². The minimum Gasteiger partial charge on any atom is -0.312 e. The van der Waals surface area contributed by atoms with E-state index in [0.29, 0.717) is 0 Å². The molecule has 0 bridgehead atoms. The number of thiophene rings is 1. The van der Waals surface area contributed by atoms with Crippen LogP contribution in [0.4, 0.5) is 0 Å². The Balaban J connectivity index is 2.28. The van der Waals surface area contributed by atoms with Crippen LogP contribution in [0.15, 0.2) is 16.6 Å². The Morgan fingerprint density at radius 3 is 2.79 bits per heavy atom. The van der Waals surface area contributed by atoms with Crippen LogP contribution < -0.4 is 5.32 Å². The van der Waals surface area contributed by atoms with Crippen molar-refractivity contribution >= 4 is 38.9 Å². The van der Waals surface area contributed by atoms with E-state index in [-0.39, 0.29) is 6.04 Å². The second-order valence-corrected chi connectivity index (χ2v) is 6.89. The highest BCUT2D eigenvalue weighted by Crippen LogP contribution is 2.31. The van der Waals surface area contributed by atoms with Gasteiger partial charge in [-0.2, -0.15) is 5.10 Å². The van der Waals surface area contributed by atoms with E-state index < -0.39 is 0 Å². The van der Waals surface area contributed by atoms with Crippen molar-refractivity contribution in [3.8, 4) is 0 Å². The van der Waals surface area contributed by atoms with Gasteiger partial charge in [-0.3, -0.25) is 4.68 Å². The maximum absolute atomic E-state index is 6.02. The van der Waals surface area contributed by atoms with Crippen LogP contribution in [0.3, 0.4) is 0 Å². The minimum atomic E-state index is 0.259. The third kappa shape index (κ3) is 3.21. The lowest BCUT2D eigenvalue weighted by atomic mass is 10.1. The van der Waals surface area contributed by atoms with Gasteiger partial charge >= 0.3 is 0 Å². The molecule has 0 saturated heterocycles. The molecule has 0 aromatic carbocycles. The highest BCUT2D eigenvalue weighted by Gasteiger charge is 2.19. The second-order valence-electron chi connectivity index (χ2n) is 4.35. The fourth-order valence-corrected chi connectivity index (χ4v) is 3.73. The third-order valence-electron chi connectivity index (χ3n) is 3.14. The molecule has 104 valence electrons. The zero-order chi connectivity index (χ0) is 14.0. The van der Waals surface area contributed by atoms with E-state index in [2.05, 4.69) is 44.0 Å². The number of aryl methyl sites for hydroxylation is 2. The lowest BCUT2D eigenvalue weighted by molar-refractivity contribution is 0.545. The summed E-state index contributed by atoms with van der Waals surface area (Å²) in [5.41, 5.74) is 2.26. The molecule has 1 atom stereocenters. The van der Waals surface area contributed by atoms with Gasteiger partial charge in [0.25, 0.3) is 0 Å². The van der Waals surface area contributed by atoms with Crippen LogP contribution in [0.5, 0.6) is 0 Å². The smallest absolute Gasteiger partial charge is 0.0931 e. The number of likely N-dealkylation sites (N-methyl/N-ethyl adjacent to an activating group) is 1. The second kappa shape index (κ2) is 6.39. The van der Waals surface area contributed by atoms with Gasteiger partial charge in [0.2, 0.25) is 0 Å². The van der Waals surface area contributed by atoms with Crippen molar-refractivity contribution in [2.24, 2.45) is 0 Å². The van der Waals surface area contributed by atoms with Crippen LogP contribution >= 0.6 is 38.9 Å². The number of aromatic nitrogens is 2. The Kier molecular flexibility index (Phi) is 5.06. The molecule has 1 N–H and O–H groups in total. The van der Waals surface area contributed by atoms with Gasteiger partial charge in [-0.05, 0) is 49.0 Å². The molecular weight excluding hydrogens is 346 g/mol. The zero-order valence-electron chi connectivity index (χ0n) is 11.2. The van der Waals surface area contributed by atoms with Gasteiger partial charge in [-0.1, -0.05) is 11.6 Å². The Bertz CT molecular complexity index is 564. The summed E-state index contributed by atoms with van der Waals surface area (Å²) in [6, 6.07) is 4.29. The molecule has 6 heteroatoms. The van der Waals surface area contributed by atoms with E-state index >= 15 is 0 Å². The van der Waals surface area contributed by atoms with Crippen molar-refractivity contribution in [3.63, 3.8) is 0 Å². The molecule has 0 spiro atoms. The molecule has 19 heavy (non-hydrogen) atoms. The van der Waals surface area contributed by atoms with Crippen molar-refractivity contribution in [1.29, 1.82) is 0 Å². The third-order valence-corrected chi connectivity index (χ3v) is 5.51. The molecule has 2 rings (SSSR count). The van der Waals surface area contributed by atoms with Crippen LogP contribution in [-0.2, 0) is 13.0 Å². The molecule has 0 aliphatic carbocycles. The van der Waals surface area contributed by atoms with Gasteiger partial charge in [-0.15, -0.1) is 11.3 Å². The highest BCUT2D eigenvalue weighted by atomic mass is 79.9. The maximum Gasteiger partial charge on any atom is 0.0931 e. The first-order chi connectivity index (χ1) is 9.06. The Labute approximate surface area is 131 Å². The monoisotopic (exact) mass is 361 g/mol. The summed E-state index contributed by atoms with van der Waals surface area (Å²) in [5.74, 6) is 0. The lowest BCUT2D eigenvalue weighted by Gasteiger charge is -2.15. The van der Waals surface area contributed by atoms with Crippen LogP contribution in [0.25, 0.3) is 0 Å². The molecule has 0 radical (unpaired) electrons. The SMILES string of the molecule is CCn1nc(C)c(Br)c1CC(NC)c1ccc(Cl)s1. The number of halogens is 2. The standard InChI is InChI=1S/C13H17BrClN3S/c1-4-18-10(13(14)8(2)17-18)7-9(16-3)11-5-6-12(15)19-11/h5-6,9,16H,4,7H2,1-3H3. The quantitative estimate of drug-likeness (QED) is 0.864. The molecule has 2 heterocycles. The van der Waals surface area contributed by atoms with Crippen LogP contribution in [-0.4, -0.2) is 16.8 Å². The number of nitrogens with zero attached hydrogens (tertiary/aromatic N) is 2. The van der Waals surface area contributed by atoms with E-state index in [1.54, 1.807) is 11.3 Å². The maximum atomic E-state index is 6.02. The molecule has 3 nitrogen and oxygen atoms in total. The molecule has 2 aromatic rings. The van der Waals surface area contributed by atoms with Crippen molar-refractivity contribution in [2.45, 2.75) is 32.9 Å². The summed E-state index contributed by atoms with van der Waals surface area (Å²) >= 11 is 11.3. The Hall–Kier alpha value is -0.360. The van der Waals surface area contributed by atoms with E-state index in [9.17, 15) is 0 Å². The predicted molar refractivity (Wildman–Crippen MR) is 85.2 cm³/mol. The summed E-state index contributed by atoms with van der Waals surface area (Å²) in [4.78, 5) is 1.25. The van der Waals surface area contributed by atoms with E-state index in [1.807, 2.05) is 20.0 Å². The van der Waals surface area contributed by atoms with Crippen molar-refractivity contribution in [2.75, 3.05) is 7.05 Å². The normalized spacial score (nSPS) is 12.9. The zero-order valence-corrected chi connectivity index (χ0v) is 14.4. The first-order valence-electron chi connectivity index (χ1n) is 6.21. The van der Waals surface area contributed by atoms with Gasteiger partial charge in [-0.25, -0.2) is 0 Å². The molecule has 0 aliphatic rings. The van der Waals surface area contributed by atoms with Gasteiger partial charge < -0.3 is 5.32 Å². The van der Waals surface area contributed by atoms with Gasteiger partial charge in [0, 0.05) is 23.9 Å². The fourth-order valence-electron chi connectivity index (χ4n) is 2.12. The van der Waals surface area contributed by atoms with Crippen molar-refractivity contribution in [3.05, 3.63) is 37.2 Å².